The van der Waals surface area contributed by atoms with Crippen LogP contribution in [-0.2, 0) is 16.1 Å². The lowest BCUT2D eigenvalue weighted by atomic mass is 10.1. The predicted molar refractivity (Wildman–Crippen MR) is 64.7 cm³/mol. The lowest BCUT2D eigenvalue weighted by Gasteiger charge is -2.13. The van der Waals surface area contributed by atoms with Gasteiger partial charge in [-0.05, 0) is 36.6 Å². The molecule has 1 aromatic carbocycles. The first kappa shape index (κ1) is 11.7. The van der Waals surface area contributed by atoms with Crippen molar-refractivity contribution in [2.45, 2.75) is 25.9 Å². The molecule has 3 heteroatoms. The average Bonchev–Trinajstić information content (AvgIpc) is 2.38. The van der Waals surface area contributed by atoms with Gasteiger partial charge in [0.15, 0.2) is 11.5 Å². The first-order chi connectivity index (χ1) is 8.29. The highest BCUT2D eigenvalue weighted by atomic mass is 16.5. The molecule has 0 heterocycles. The quantitative estimate of drug-likeness (QED) is 0.800. The van der Waals surface area contributed by atoms with Gasteiger partial charge in [-0.15, -0.1) is 0 Å². The van der Waals surface area contributed by atoms with E-state index < -0.39 is 0 Å². The Balaban J connectivity index is 1.92. The minimum Gasteiger partial charge on any atom is -0.497 e. The number of benzene rings is 1. The molecule has 0 spiro atoms. The molecule has 2 rings (SSSR count). The second-order valence-corrected chi connectivity index (χ2v) is 4.02. The number of Topliss-reactive ketones (excluding diaryl/α,β-unsaturated/α-hetero) is 1. The van der Waals surface area contributed by atoms with E-state index in [0.29, 0.717) is 18.8 Å². The van der Waals surface area contributed by atoms with Gasteiger partial charge in [0, 0.05) is 6.42 Å². The minimum atomic E-state index is 0.116. The summed E-state index contributed by atoms with van der Waals surface area (Å²) < 4.78 is 10.6. The topological polar surface area (TPSA) is 35.5 Å². The van der Waals surface area contributed by atoms with E-state index in [1.54, 1.807) is 7.11 Å². The molecule has 1 aliphatic carbocycles. The molecule has 90 valence electrons. The summed E-state index contributed by atoms with van der Waals surface area (Å²) in [6.45, 7) is 0.432. The number of hydrogen-bond acceptors (Lipinski definition) is 3. The number of carbonyl (C=O) groups is 1. The third kappa shape index (κ3) is 3.09. The van der Waals surface area contributed by atoms with E-state index in [2.05, 4.69) is 0 Å². The van der Waals surface area contributed by atoms with E-state index in [0.717, 1.165) is 24.2 Å². The Hall–Kier alpha value is -1.77. The summed E-state index contributed by atoms with van der Waals surface area (Å²) in [5.74, 6) is 1.46. The molecule has 17 heavy (non-hydrogen) atoms. The van der Waals surface area contributed by atoms with Crippen LogP contribution in [0.15, 0.2) is 36.1 Å². The van der Waals surface area contributed by atoms with Gasteiger partial charge in [0.25, 0.3) is 0 Å². The highest BCUT2D eigenvalue weighted by Crippen LogP contribution is 2.18. The summed E-state index contributed by atoms with van der Waals surface area (Å²) in [6.07, 6.45) is 4.36. The predicted octanol–water partition coefficient (Wildman–Crippen LogP) is 2.85. The first-order valence-corrected chi connectivity index (χ1v) is 5.78. The Morgan fingerprint density at radius 1 is 1.24 bits per heavy atom. The molecule has 0 amide bonds. The Kier molecular flexibility index (Phi) is 3.81. The summed E-state index contributed by atoms with van der Waals surface area (Å²) in [7, 11) is 1.64. The van der Waals surface area contributed by atoms with Gasteiger partial charge in [-0.2, -0.15) is 0 Å². The lowest BCUT2D eigenvalue weighted by molar-refractivity contribution is -0.119. The van der Waals surface area contributed by atoms with Gasteiger partial charge >= 0.3 is 0 Å². The molecular weight excluding hydrogens is 216 g/mol. The summed E-state index contributed by atoms with van der Waals surface area (Å²) >= 11 is 0. The van der Waals surface area contributed by atoms with Gasteiger partial charge in [0.05, 0.1) is 7.11 Å². The summed E-state index contributed by atoms with van der Waals surface area (Å²) in [4.78, 5) is 11.5. The van der Waals surface area contributed by atoms with Gasteiger partial charge in [-0.3, -0.25) is 4.79 Å². The van der Waals surface area contributed by atoms with Crippen LogP contribution >= 0.6 is 0 Å². The van der Waals surface area contributed by atoms with E-state index in [4.69, 9.17) is 9.47 Å². The molecule has 0 fully saturated rings. The van der Waals surface area contributed by atoms with Crippen molar-refractivity contribution >= 4 is 5.78 Å². The van der Waals surface area contributed by atoms with Crippen LogP contribution < -0.4 is 4.74 Å². The Morgan fingerprint density at radius 2 is 2.00 bits per heavy atom. The molecule has 0 aliphatic heterocycles. The van der Waals surface area contributed by atoms with Crippen molar-refractivity contribution in [1.82, 2.24) is 0 Å². The molecule has 0 unspecified atom stereocenters. The van der Waals surface area contributed by atoms with E-state index in [-0.39, 0.29) is 5.78 Å². The number of carbonyl (C=O) groups excluding carboxylic acids is 1. The van der Waals surface area contributed by atoms with Crippen LogP contribution in [0.4, 0.5) is 0 Å². The molecule has 3 nitrogen and oxygen atoms in total. The molecule has 0 saturated heterocycles. The normalized spacial score (nSPS) is 15.4. The van der Waals surface area contributed by atoms with Gasteiger partial charge in [-0.25, -0.2) is 0 Å². The molecule has 1 aliphatic rings. The van der Waals surface area contributed by atoms with Crippen molar-refractivity contribution in [2.75, 3.05) is 7.11 Å². The Bertz CT molecular complexity index is 418. The van der Waals surface area contributed by atoms with Crippen LogP contribution in [0.3, 0.4) is 0 Å². The average molecular weight is 232 g/mol. The largest absolute Gasteiger partial charge is 0.497 e. The highest BCUT2D eigenvalue weighted by Gasteiger charge is 2.14. The number of ketones is 1. The second-order valence-electron chi connectivity index (χ2n) is 4.02. The molecule has 0 radical (unpaired) electrons. The summed E-state index contributed by atoms with van der Waals surface area (Å²) in [6, 6.07) is 7.64. The van der Waals surface area contributed by atoms with Gasteiger partial charge in [0.1, 0.15) is 12.4 Å². The SMILES string of the molecule is COc1ccc(COC2=CCCCC2=O)cc1. The number of ether oxygens (including phenoxy) is 2. The van der Waals surface area contributed by atoms with Crippen molar-refractivity contribution in [3.8, 4) is 5.75 Å². The standard InChI is InChI=1S/C14H16O3/c1-16-12-8-6-11(7-9-12)10-17-14-5-3-2-4-13(14)15/h5-9H,2-4,10H2,1H3. The monoisotopic (exact) mass is 232 g/mol. The Morgan fingerprint density at radius 3 is 2.65 bits per heavy atom. The van der Waals surface area contributed by atoms with Crippen LogP contribution in [-0.4, -0.2) is 12.9 Å². The fraction of sp³-hybridized carbons (Fsp3) is 0.357. The molecule has 0 N–H and O–H groups in total. The van der Waals surface area contributed by atoms with Crippen LogP contribution in [0.25, 0.3) is 0 Å². The van der Waals surface area contributed by atoms with Crippen molar-refractivity contribution < 1.29 is 14.3 Å². The molecular formula is C14H16O3. The van der Waals surface area contributed by atoms with Crippen molar-refractivity contribution in [2.24, 2.45) is 0 Å². The van der Waals surface area contributed by atoms with Crippen LogP contribution in [0.2, 0.25) is 0 Å². The third-order valence-electron chi connectivity index (χ3n) is 2.77. The smallest absolute Gasteiger partial charge is 0.197 e. The summed E-state index contributed by atoms with van der Waals surface area (Å²) in [5, 5.41) is 0. The zero-order valence-electron chi connectivity index (χ0n) is 9.94. The van der Waals surface area contributed by atoms with E-state index in [9.17, 15) is 4.79 Å². The van der Waals surface area contributed by atoms with Gasteiger partial charge in [0.2, 0.25) is 0 Å². The fourth-order valence-corrected chi connectivity index (χ4v) is 1.76. The van der Waals surface area contributed by atoms with E-state index >= 15 is 0 Å². The van der Waals surface area contributed by atoms with Crippen molar-refractivity contribution in [3.63, 3.8) is 0 Å². The molecule has 1 aromatic rings. The zero-order valence-corrected chi connectivity index (χ0v) is 9.94. The van der Waals surface area contributed by atoms with Crippen LogP contribution in [0.1, 0.15) is 24.8 Å². The maximum Gasteiger partial charge on any atom is 0.197 e. The molecule has 0 bridgehead atoms. The molecule has 0 aromatic heterocycles. The number of hydrogen-bond donors (Lipinski definition) is 0. The van der Waals surface area contributed by atoms with Crippen LogP contribution in [0.5, 0.6) is 5.75 Å². The van der Waals surface area contributed by atoms with Crippen molar-refractivity contribution in [3.05, 3.63) is 41.7 Å². The molecule has 0 saturated carbocycles. The third-order valence-corrected chi connectivity index (χ3v) is 2.77. The number of methoxy groups -OCH3 is 1. The van der Waals surface area contributed by atoms with E-state index in [1.165, 1.54) is 0 Å². The maximum absolute atomic E-state index is 11.5. The van der Waals surface area contributed by atoms with Crippen molar-refractivity contribution in [1.29, 1.82) is 0 Å². The van der Waals surface area contributed by atoms with Gasteiger partial charge in [-0.1, -0.05) is 12.1 Å². The lowest BCUT2D eigenvalue weighted by Crippen LogP contribution is -2.10. The number of rotatable bonds is 4. The Labute approximate surface area is 101 Å². The van der Waals surface area contributed by atoms with Gasteiger partial charge < -0.3 is 9.47 Å². The maximum atomic E-state index is 11.5. The molecule has 0 atom stereocenters. The van der Waals surface area contributed by atoms with Crippen LogP contribution in [0, 0.1) is 0 Å². The highest BCUT2D eigenvalue weighted by molar-refractivity contribution is 5.94. The van der Waals surface area contributed by atoms with E-state index in [1.807, 2.05) is 30.3 Å². The summed E-state index contributed by atoms with van der Waals surface area (Å²) in [5.41, 5.74) is 1.03. The fourth-order valence-electron chi connectivity index (χ4n) is 1.76. The zero-order chi connectivity index (χ0) is 12.1. The second kappa shape index (κ2) is 5.53. The number of allylic oxidation sites excluding steroid dienone is 2. The first-order valence-electron chi connectivity index (χ1n) is 5.78. The minimum absolute atomic E-state index is 0.116.